The van der Waals surface area contributed by atoms with Crippen molar-refractivity contribution in [2.24, 2.45) is 4.66 Å². The second-order valence-corrected chi connectivity index (χ2v) is 2.00. The molecule has 0 aromatic heterocycles. The maximum Gasteiger partial charge on any atom is 0.298 e. The molecule has 0 spiro atoms. The molecule has 0 unspecified atom stereocenters. The van der Waals surface area contributed by atoms with Crippen LogP contribution in [0.15, 0.2) is 4.66 Å². The van der Waals surface area contributed by atoms with Crippen LogP contribution in [-0.2, 0) is 4.43 Å². The van der Waals surface area contributed by atoms with E-state index in [1.807, 2.05) is 0 Å². The molecule has 0 radical (unpaired) electrons. The number of hydrogen-bond donors (Lipinski definition) is 0. The third kappa shape index (κ3) is 3.98. The third-order valence-electron chi connectivity index (χ3n) is 0.258. The van der Waals surface area contributed by atoms with E-state index < -0.39 is 9.92 Å². The topological polar surface area (TPSA) is 21.6 Å². The molecule has 0 bridgehead atoms. The molecule has 0 heterocycles. The predicted molar refractivity (Wildman–Crippen MR) is 30.6 cm³/mol. The van der Waals surface area contributed by atoms with Crippen LogP contribution >= 0.6 is 12.2 Å². The Kier molecular flexibility index (Phi) is 4.96. The standard InChI is InChI=1S/C2H5NOSSi/c1-4-6-3-2-5/h6H2,1H3. The lowest BCUT2D eigenvalue weighted by atomic mass is 11.8. The molecule has 0 fully saturated rings. The zero-order valence-corrected chi connectivity index (χ0v) is 5.70. The largest absolute Gasteiger partial charge is 0.405 e. The summed E-state index contributed by atoms with van der Waals surface area (Å²) < 4.78 is 8.20. The Morgan fingerprint density at radius 1 is 2.00 bits per heavy atom. The molecule has 0 aromatic rings. The van der Waals surface area contributed by atoms with Crippen molar-refractivity contribution in [2.75, 3.05) is 7.11 Å². The van der Waals surface area contributed by atoms with Crippen molar-refractivity contribution in [2.45, 2.75) is 0 Å². The smallest absolute Gasteiger partial charge is 0.298 e. The van der Waals surface area contributed by atoms with Crippen LogP contribution in [-0.4, -0.2) is 22.2 Å². The Labute approximate surface area is 44.2 Å². The molecule has 2 nitrogen and oxygen atoms in total. The lowest BCUT2D eigenvalue weighted by molar-refractivity contribution is 0.443. The van der Waals surface area contributed by atoms with Crippen molar-refractivity contribution >= 4 is 27.3 Å². The molecule has 34 valence electrons. The van der Waals surface area contributed by atoms with Gasteiger partial charge in [-0.2, -0.15) is 0 Å². The van der Waals surface area contributed by atoms with Crippen LogP contribution in [0.1, 0.15) is 0 Å². The Morgan fingerprint density at radius 3 is 2.83 bits per heavy atom. The monoisotopic (exact) mass is 119 g/mol. The van der Waals surface area contributed by atoms with Gasteiger partial charge in [0, 0.05) is 7.11 Å². The second-order valence-electron chi connectivity index (χ2n) is 0.667. The molecule has 0 atom stereocenters. The van der Waals surface area contributed by atoms with Crippen LogP contribution in [0, 0.1) is 0 Å². The maximum atomic E-state index is 4.63. The number of thiocarbonyl (C=S) groups is 1. The molecule has 0 aliphatic heterocycles. The molecular formula is C2H5NOSSi. The second kappa shape index (κ2) is 4.98. The lowest BCUT2D eigenvalue weighted by Gasteiger charge is -1.77. The van der Waals surface area contributed by atoms with Gasteiger partial charge in [0.1, 0.15) is 0 Å². The van der Waals surface area contributed by atoms with Crippen LogP contribution in [0.4, 0.5) is 0 Å². The predicted octanol–water partition coefficient (Wildman–Crippen LogP) is -0.266. The molecule has 0 aromatic carbocycles. The van der Waals surface area contributed by atoms with Gasteiger partial charge in [-0.25, -0.2) is 4.66 Å². The molecule has 0 aliphatic carbocycles. The minimum Gasteiger partial charge on any atom is -0.405 e. The fraction of sp³-hybridized carbons (Fsp3) is 0.500. The summed E-state index contributed by atoms with van der Waals surface area (Å²) in [5.74, 6) is 0. The van der Waals surface area contributed by atoms with Gasteiger partial charge in [0.05, 0.1) is 5.16 Å². The molecule has 0 saturated carbocycles. The SMILES string of the molecule is CO[SiH2]N=C=S. The molecule has 4 heteroatoms. The minimum atomic E-state index is -0.669. The van der Waals surface area contributed by atoms with Gasteiger partial charge in [-0.3, -0.25) is 0 Å². The van der Waals surface area contributed by atoms with E-state index in [2.05, 4.69) is 26.5 Å². The lowest BCUT2D eigenvalue weighted by Crippen LogP contribution is -1.84. The number of rotatable bonds is 2. The summed E-state index contributed by atoms with van der Waals surface area (Å²) in [5, 5.41) is 2.21. The highest BCUT2D eigenvalue weighted by Crippen LogP contribution is 1.57. The fourth-order valence-corrected chi connectivity index (χ4v) is 0.431. The third-order valence-corrected chi connectivity index (χ3v) is 1.16. The first kappa shape index (κ1) is 5.98. The molecular weight excluding hydrogens is 114 g/mol. The van der Waals surface area contributed by atoms with Crippen LogP contribution in [0.3, 0.4) is 0 Å². The molecule has 6 heavy (non-hydrogen) atoms. The average molecular weight is 119 g/mol. The number of hydrogen-bond acceptors (Lipinski definition) is 3. The molecule has 0 aliphatic rings. The first-order chi connectivity index (χ1) is 2.91. The van der Waals surface area contributed by atoms with Gasteiger partial charge in [-0.15, -0.1) is 0 Å². The van der Waals surface area contributed by atoms with Gasteiger partial charge in [0.2, 0.25) is 0 Å². The van der Waals surface area contributed by atoms with Gasteiger partial charge in [0.15, 0.2) is 0 Å². The van der Waals surface area contributed by atoms with Crippen molar-refractivity contribution in [3.05, 3.63) is 0 Å². The van der Waals surface area contributed by atoms with Gasteiger partial charge < -0.3 is 4.43 Å². The van der Waals surface area contributed by atoms with E-state index in [1.54, 1.807) is 7.11 Å². The van der Waals surface area contributed by atoms with Crippen molar-refractivity contribution in [3.63, 3.8) is 0 Å². The summed E-state index contributed by atoms with van der Waals surface area (Å²) in [6.45, 7) is 0. The zero-order valence-electron chi connectivity index (χ0n) is 3.47. The maximum absolute atomic E-state index is 4.63. The van der Waals surface area contributed by atoms with E-state index in [-0.39, 0.29) is 0 Å². The van der Waals surface area contributed by atoms with Gasteiger partial charge >= 0.3 is 0 Å². The first-order valence-electron chi connectivity index (χ1n) is 1.44. The van der Waals surface area contributed by atoms with Crippen molar-refractivity contribution in [1.29, 1.82) is 0 Å². The van der Waals surface area contributed by atoms with Crippen LogP contribution in [0.25, 0.3) is 0 Å². The quantitative estimate of drug-likeness (QED) is 0.284. The zero-order chi connectivity index (χ0) is 4.83. The Hall–Kier alpha value is -0.0231. The minimum absolute atomic E-state index is 0.669. The fourth-order valence-electron chi connectivity index (χ4n) is 0.0909. The molecule has 0 amide bonds. The van der Waals surface area contributed by atoms with Gasteiger partial charge in [0.25, 0.3) is 9.92 Å². The number of isothiocyanates is 1. The summed E-state index contributed by atoms with van der Waals surface area (Å²) >= 11 is 4.26. The van der Waals surface area contributed by atoms with E-state index in [4.69, 9.17) is 0 Å². The highest BCUT2D eigenvalue weighted by Gasteiger charge is 1.65. The van der Waals surface area contributed by atoms with E-state index >= 15 is 0 Å². The average Bonchev–Trinajstić information content (AvgIpc) is 1.61. The summed E-state index contributed by atoms with van der Waals surface area (Å²) in [5.41, 5.74) is 0. The summed E-state index contributed by atoms with van der Waals surface area (Å²) in [6, 6.07) is 0. The van der Waals surface area contributed by atoms with Crippen LogP contribution < -0.4 is 0 Å². The van der Waals surface area contributed by atoms with E-state index in [9.17, 15) is 0 Å². The summed E-state index contributed by atoms with van der Waals surface area (Å²) in [6.07, 6.45) is 0. The molecule has 0 saturated heterocycles. The van der Waals surface area contributed by atoms with Crippen molar-refractivity contribution < 1.29 is 4.43 Å². The number of nitrogens with zero attached hydrogens (tertiary/aromatic N) is 1. The Balaban J connectivity index is 2.86. The van der Waals surface area contributed by atoms with Crippen LogP contribution in [0.5, 0.6) is 0 Å². The molecule has 0 N–H and O–H groups in total. The summed E-state index contributed by atoms with van der Waals surface area (Å²) in [7, 11) is 0.945. The van der Waals surface area contributed by atoms with E-state index in [1.165, 1.54) is 0 Å². The Bertz CT molecular complexity index is 69.9. The highest BCUT2D eigenvalue weighted by atomic mass is 32.1. The normalized spacial score (nSPS) is 8.83. The highest BCUT2D eigenvalue weighted by molar-refractivity contribution is 7.78. The van der Waals surface area contributed by atoms with E-state index in [0.717, 1.165) is 0 Å². The Morgan fingerprint density at radius 2 is 2.67 bits per heavy atom. The summed E-state index contributed by atoms with van der Waals surface area (Å²) in [4.78, 5) is 0. The van der Waals surface area contributed by atoms with Crippen LogP contribution in [0.2, 0.25) is 0 Å². The van der Waals surface area contributed by atoms with E-state index in [0.29, 0.717) is 0 Å². The van der Waals surface area contributed by atoms with Gasteiger partial charge in [-0.05, 0) is 12.2 Å². The van der Waals surface area contributed by atoms with Crippen molar-refractivity contribution in [3.8, 4) is 0 Å². The van der Waals surface area contributed by atoms with Gasteiger partial charge in [-0.1, -0.05) is 0 Å². The van der Waals surface area contributed by atoms with Crippen molar-refractivity contribution in [1.82, 2.24) is 0 Å². The molecule has 0 rings (SSSR count). The first-order valence-corrected chi connectivity index (χ1v) is 3.06.